The third-order valence-corrected chi connectivity index (χ3v) is 15.9. The van der Waals surface area contributed by atoms with Gasteiger partial charge in [-0.25, -0.2) is 0 Å². The van der Waals surface area contributed by atoms with Gasteiger partial charge in [-0.05, 0) is 111 Å². The van der Waals surface area contributed by atoms with Crippen LogP contribution in [0.2, 0.25) is 0 Å². The molecule has 0 saturated carbocycles. The van der Waals surface area contributed by atoms with E-state index in [9.17, 15) is 30.3 Å². The Kier molecular flexibility index (Phi) is 18.9. The minimum absolute atomic E-state index is 0.106. The molecule has 3 aromatic heterocycles. The fourth-order valence-corrected chi connectivity index (χ4v) is 11.4. The van der Waals surface area contributed by atoms with Gasteiger partial charge in [0.05, 0.1) is 52.9 Å². The summed E-state index contributed by atoms with van der Waals surface area (Å²) >= 11 is 1.31. The number of aliphatic hydroxyl groups is 5. The van der Waals surface area contributed by atoms with Crippen molar-refractivity contribution >= 4 is 17.5 Å². The molecule has 6 N–H and O–H groups in total. The molecule has 0 bridgehead atoms. The van der Waals surface area contributed by atoms with Gasteiger partial charge < -0.3 is 68.7 Å². The van der Waals surface area contributed by atoms with Crippen molar-refractivity contribution in [2.75, 3.05) is 34.3 Å². The fraction of sp³-hybridized carbons (Fsp3) is 0.816. The topological polar surface area (TPSA) is 252 Å². The van der Waals surface area contributed by atoms with Crippen molar-refractivity contribution in [1.29, 1.82) is 0 Å². The van der Waals surface area contributed by atoms with Crippen LogP contribution in [0.25, 0.3) is 11.4 Å². The quantitative estimate of drug-likeness (QED) is 0.127. The summed E-state index contributed by atoms with van der Waals surface area (Å²) in [6.07, 6.45) is -5.71. The first-order valence-corrected chi connectivity index (χ1v) is 25.8. The van der Waals surface area contributed by atoms with Crippen LogP contribution >= 0.6 is 11.5 Å². The number of methoxy groups -OCH3 is 1. The number of nitrogens with one attached hydrogen (secondary N) is 1. The van der Waals surface area contributed by atoms with Crippen molar-refractivity contribution in [3.05, 3.63) is 35.1 Å². The number of cyclic esters (lactones) is 1. The molecule has 6 heterocycles. The second kappa shape index (κ2) is 23.5. The van der Waals surface area contributed by atoms with E-state index in [1.807, 2.05) is 68.2 Å². The average molecular weight is 1010 g/mol. The molecule has 0 spiro atoms. The van der Waals surface area contributed by atoms with Crippen molar-refractivity contribution in [3.8, 4) is 11.4 Å². The van der Waals surface area contributed by atoms with Crippen molar-refractivity contribution in [2.45, 2.75) is 205 Å². The Morgan fingerprint density at radius 3 is 2.39 bits per heavy atom. The Bertz CT molecular complexity index is 2090. The molecule has 3 aliphatic rings. The van der Waals surface area contributed by atoms with Crippen molar-refractivity contribution in [1.82, 2.24) is 39.4 Å². The van der Waals surface area contributed by atoms with Gasteiger partial charge in [-0.15, -0.1) is 10.2 Å². The Balaban J connectivity index is 1.24. The summed E-state index contributed by atoms with van der Waals surface area (Å²) in [6.45, 7) is 19.2. The van der Waals surface area contributed by atoms with Gasteiger partial charge in [0.25, 0.3) is 0 Å². The average Bonchev–Trinajstić information content (AvgIpc) is 4.12. The first-order valence-electron chi connectivity index (χ1n) is 25.0. The lowest BCUT2D eigenvalue weighted by Crippen LogP contribution is -2.61. The number of aromatic nitrogens is 6. The Hall–Kier alpha value is -3.03. The largest absolute Gasteiger partial charge is 0.459 e. The van der Waals surface area contributed by atoms with Gasteiger partial charge in [-0.3, -0.25) is 9.48 Å². The van der Waals surface area contributed by atoms with Crippen molar-refractivity contribution in [2.24, 2.45) is 17.8 Å². The smallest absolute Gasteiger partial charge is 0.311 e. The molecule has 0 amide bonds. The molecule has 6 rings (SSSR count). The maximum absolute atomic E-state index is 14.5. The highest BCUT2D eigenvalue weighted by Gasteiger charge is 2.53. The number of ether oxygens (including phenoxy) is 6. The summed E-state index contributed by atoms with van der Waals surface area (Å²) in [6, 6.07) is 3.05. The number of rotatable bonds is 14. The molecule has 0 unspecified atom stereocenters. The number of aryl methyl sites for hydroxylation is 2. The lowest BCUT2D eigenvalue weighted by atomic mass is 9.77. The minimum atomic E-state index is -1.83. The molecule has 0 radical (unpaired) electrons. The number of hydrogen-bond acceptors (Lipinski definition) is 19. The van der Waals surface area contributed by atoms with Crippen LogP contribution in [0.4, 0.5) is 0 Å². The summed E-state index contributed by atoms with van der Waals surface area (Å²) in [5.41, 5.74) is -0.922. The monoisotopic (exact) mass is 1010 g/mol. The summed E-state index contributed by atoms with van der Waals surface area (Å²) < 4.78 is 44.1. The van der Waals surface area contributed by atoms with E-state index >= 15 is 0 Å². The zero-order valence-corrected chi connectivity index (χ0v) is 44.3. The number of carbonyl (C=O) groups is 1. The molecule has 20 nitrogen and oxygen atoms in total. The molecule has 3 fully saturated rings. The Morgan fingerprint density at radius 1 is 0.986 bits per heavy atom. The number of nitrogens with zero attached hydrogens (tertiary/aromatic N) is 7. The predicted molar refractivity (Wildman–Crippen MR) is 260 cm³/mol. The number of carbonyl (C=O) groups excluding carboxylic acids is 1. The number of hydrogen-bond donors (Lipinski definition) is 6. The highest BCUT2D eigenvalue weighted by atomic mass is 32.1. The third kappa shape index (κ3) is 13.0. The first kappa shape index (κ1) is 56.3. The summed E-state index contributed by atoms with van der Waals surface area (Å²) in [7, 11) is 5.30. The van der Waals surface area contributed by atoms with E-state index in [-0.39, 0.29) is 31.3 Å². The molecule has 3 aromatic rings. The number of H-pyrrole nitrogens is 1. The number of esters is 1. The van der Waals surface area contributed by atoms with Crippen molar-refractivity contribution in [3.63, 3.8) is 0 Å². The van der Waals surface area contributed by atoms with Crippen LogP contribution in [0.15, 0.2) is 23.7 Å². The number of aliphatic hydroxyl groups excluding tert-OH is 3. The van der Waals surface area contributed by atoms with Crippen LogP contribution in [-0.2, 0) is 52.6 Å². The van der Waals surface area contributed by atoms with Crippen LogP contribution in [0, 0.1) is 17.8 Å². The Labute approximate surface area is 417 Å². The second-order valence-corrected chi connectivity index (χ2v) is 22.0. The highest BCUT2D eigenvalue weighted by Crippen LogP contribution is 2.40. The zero-order chi connectivity index (χ0) is 51.5. The van der Waals surface area contributed by atoms with E-state index in [1.54, 1.807) is 41.5 Å². The molecule has 396 valence electrons. The van der Waals surface area contributed by atoms with E-state index in [0.29, 0.717) is 32.5 Å². The van der Waals surface area contributed by atoms with Gasteiger partial charge in [-0.1, -0.05) is 30.5 Å². The second-order valence-electron chi connectivity index (χ2n) is 21.3. The van der Waals surface area contributed by atoms with E-state index in [1.165, 1.54) is 25.6 Å². The maximum atomic E-state index is 14.5. The van der Waals surface area contributed by atoms with Gasteiger partial charge in [0, 0.05) is 81.3 Å². The lowest BCUT2D eigenvalue weighted by molar-refractivity contribution is -0.318. The van der Waals surface area contributed by atoms with E-state index in [4.69, 9.17) is 28.4 Å². The van der Waals surface area contributed by atoms with E-state index in [2.05, 4.69) is 29.8 Å². The van der Waals surface area contributed by atoms with Crippen LogP contribution in [-0.4, -0.2) is 195 Å². The first-order chi connectivity index (χ1) is 32.9. The summed E-state index contributed by atoms with van der Waals surface area (Å²) in [5.74, 6) is -2.76. The Morgan fingerprint density at radius 2 is 1.71 bits per heavy atom. The van der Waals surface area contributed by atoms with Crippen LogP contribution < -0.4 is 0 Å². The molecule has 18 atom stereocenters. The zero-order valence-electron chi connectivity index (χ0n) is 43.5. The van der Waals surface area contributed by atoms with E-state index < -0.39 is 102 Å². The van der Waals surface area contributed by atoms with Gasteiger partial charge in [-0.2, -0.15) is 0 Å². The van der Waals surface area contributed by atoms with Gasteiger partial charge in [0.1, 0.15) is 35.7 Å². The fourth-order valence-electron chi connectivity index (χ4n) is 10.9. The van der Waals surface area contributed by atoms with Crippen LogP contribution in [0.5, 0.6) is 0 Å². The third-order valence-electron chi connectivity index (χ3n) is 15.4. The maximum Gasteiger partial charge on any atom is 0.311 e. The minimum Gasteiger partial charge on any atom is -0.459 e. The van der Waals surface area contributed by atoms with Crippen LogP contribution in [0.1, 0.15) is 106 Å². The van der Waals surface area contributed by atoms with Gasteiger partial charge in [0.2, 0.25) is 0 Å². The van der Waals surface area contributed by atoms with Gasteiger partial charge >= 0.3 is 5.97 Å². The van der Waals surface area contributed by atoms with Crippen LogP contribution in [0.3, 0.4) is 0 Å². The van der Waals surface area contributed by atoms with Gasteiger partial charge in [0.15, 0.2) is 12.6 Å². The molecule has 70 heavy (non-hydrogen) atoms. The summed E-state index contributed by atoms with van der Waals surface area (Å²) in [5, 5.41) is 74.5. The standard InChI is InChI=1S/C49H82N8O12S/c1-14-38-49(10,63)42(59)31(6)56(12)24-27(2)22-47(8,62)44(29(4)41(30(5)45(61)67-38)68-39-23-48(9,64-13)43(60)32(7)66-39)69-46-40(58)37(21-28(3)65-46)55(11)19-17-34-25-57(53-51-34)20-18-33-15-16-35(50-33)36-26-70-54-52-36/h15-16,25-32,37-44,46,50,58-60,62-63H,14,17-24H2,1-13H3/t27-,28-,29+,30-,31-,32+,37+,38-,39+,40-,41+,42-,43+,44-,46+,47-,48-,49-/m1/s1. The molecule has 3 aliphatic heterocycles. The SMILES string of the molecule is CC[C@H]1OC(=O)[C@H](C)[C@@H](O[C@H]2C[C@@](C)(OC)[C@@H](O)[C@H](C)O2)[C@H](C)[C@@H](O[C@@H]2O[C@H](C)C[C@H](N(C)CCc3cn(CCc4ccc(-c5csnn5)[nH]4)nn3)[C@H]2O)[C@](C)(O)C[C@@H](C)CN(C)[C@H](C)[C@@H](O)[C@]1(C)O. The molecule has 0 aliphatic carbocycles. The highest BCUT2D eigenvalue weighted by molar-refractivity contribution is 7.03. The number of aromatic amines is 1. The molecular formula is C49H82N8O12S. The van der Waals surface area contributed by atoms with E-state index in [0.717, 1.165) is 29.2 Å². The molecule has 3 saturated heterocycles. The van der Waals surface area contributed by atoms with Crippen molar-refractivity contribution < 1.29 is 58.7 Å². The molecular weight excluding hydrogens is 925 g/mol. The lowest BCUT2D eigenvalue weighted by Gasteiger charge is -2.49. The number of likely N-dealkylation sites (N-methyl/N-ethyl adjacent to an activating group) is 2. The normalized spacial score (nSPS) is 39.9. The molecule has 0 aromatic carbocycles. The summed E-state index contributed by atoms with van der Waals surface area (Å²) in [4.78, 5) is 21.9. The molecule has 21 heteroatoms. The predicted octanol–water partition coefficient (Wildman–Crippen LogP) is 3.19.